The van der Waals surface area contributed by atoms with E-state index in [1.165, 1.54) is 11.8 Å². The number of thioether (sulfide) groups is 1. The highest BCUT2D eigenvalue weighted by Crippen LogP contribution is 2.29. The van der Waals surface area contributed by atoms with Gasteiger partial charge in [0.05, 0.1) is 15.8 Å². The summed E-state index contributed by atoms with van der Waals surface area (Å²) in [5, 5.41) is 10.4. The van der Waals surface area contributed by atoms with Gasteiger partial charge in [0.2, 0.25) is 0 Å². The Labute approximate surface area is 201 Å². The Morgan fingerprint density at radius 3 is 2.44 bits per heavy atom. The largest absolute Gasteiger partial charge is 0.318 e. The third-order valence-corrected chi connectivity index (χ3v) is 7.00. The molecular formula is C24H22Cl2N4OS. The zero-order valence-corrected chi connectivity index (χ0v) is 20.3. The second kappa shape index (κ2) is 9.53. The highest BCUT2D eigenvalue weighted by atomic mass is 35.5. The van der Waals surface area contributed by atoms with E-state index < -0.39 is 0 Å². The van der Waals surface area contributed by atoms with Crippen LogP contribution in [0.4, 0.5) is 0 Å². The van der Waals surface area contributed by atoms with Gasteiger partial charge in [0, 0.05) is 34.7 Å². The van der Waals surface area contributed by atoms with Gasteiger partial charge in [-0.05, 0) is 45.0 Å². The van der Waals surface area contributed by atoms with Gasteiger partial charge in [-0.1, -0.05) is 65.3 Å². The summed E-state index contributed by atoms with van der Waals surface area (Å²) in [6.45, 7) is 6.68. The van der Waals surface area contributed by atoms with Crippen molar-refractivity contribution in [2.45, 2.75) is 32.5 Å². The minimum Gasteiger partial charge on any atom is -0.318 e. The fourth-order valence-electron chi connectivity index (χ4n) is 3.76. The minimum absolute atomic E-state index is 0.0429. The number of halogens is 2. The molecule has 2 aromatic heterocycles. The fourth-order valence-corrected chi connectivity index (χ4v) is 4.93. The molecule has 8 heteroatoms. The van der Waals surface area contributed by atoms with E-state index in [-0.39, 0.29) is 11.5 Å². The Kier molecular flexibility index (Phi) is 6.74. The number of benzene rings is 2. The van der Waals surface area contributed by atoms with Crippen LogP contribution < -0.4 is 0 Å². The lowest BCUT2D eigenvalue weighted by Gasteiger charge is -2.11. The van der Waals surface area contributed by atoms with Crippen LogP contribution in [0.25, 0.3) is 17.1 Å². The number of aromatic nitrogens is 4. The molecule has 0 aliphatic rings. The van der Waals surface area contributed by atoms with Crippen LogP contribution in [0.5, 0.6) is 0 Å². The van der Waals surface area contributed by atoms with Crippen molar-refractivity contribution < 1.29 is 4.79 Å². The number of carbonyl (C=O) groups is 1. The predicted molar refractivity (Wildman–Crippen MR) is 131 cm³/mol. The maximum absolute atomic E-state index is 13.1. The average molecular weight is 485 g/mol. The molecule has 0 aliphatic heterocycles. The van der Waals surface area contributed by atoms with E-state index in [1.807, 2.05) is 78.4 Å². The lowest BCUT2D eigenvalue weighted by atomic mass is 10.2. The van der Waals surface area contributed by atoms with Crippen molar-refractivity contribution in [1.82, 2.24) is 19.3 Å². The molecule has 0 bridgehead atoms. The standard InChI is InChI=1S/C24H22Cl2N4OS/c1-4-29-23(17-8-6-5-7-9-17)27-28-24(29)32-14-22(31)19-12-15(2)30(16(19)3)18-10-11-20(25)21(26)13-18/h5-13H,4,14H2,1-3H3. The van der Waals surface area contributed by atoms with Gasteiger partial charge in [0.25, 0.3) is 0 Å². The summed E-state index contributed by atoms with van der Waals surface area (Å²) < 4.78 is 4.05. The van der Waals surface area contributed by atoms with Gasteiger partial charge in [0.1, 0.15) is 0 Å². The third kappa shape index (κ3) is 4.35. The van der Waals surface area contributed by atoms with Crippen molar-refractivity contribution in [3.05, 3.63) is 81.6 Å². The summed E-state index contributed by atoms with van der Waals surface area (Å²) in [6, 6.07) is 17.3. The van der Waals surface area contributed by atoms with Crippen LogP contribution in [-0.4, -0.2) is 30.9 Å². The second-order valence-corrected chi connectivity index (χ2v) is 9.10. The first-order valence-corrected chi connectivity index (χ1v) is 11.9. The maximum atomic E-state index is 13.1. The number of hydrogen-bond donors (Lipinski definition) is 0. The summed E-state index contributed by atoms with van der Waals surface area (Å²) in [4.78, 5) is 13.1. The molecule has 0 unspecified atom stereocenters. The number of carbonyl (C=O) groups excluding carboxylic acids is 1. The van der Waals surface area contributed by atoms with Crippen LogP contribution in [0.1, 0.15) is 28.7 Å². The quantitative estimate of drug-likeness (QED) is 0.217. The molecule has 164 valence electrons. The molecule has 2 heterocycles. The topological polar surface area (TPSA) is 52.7 Å². The van der Waals surface area contributed by atoms with Gasteiger partial charge in [-0.3, -0.25) is 4.79 Å². The summed E-state index contributed by atoms with van der Waals surface area (Å²) in [5.41, 5.74) is 4.39. The molecule has 2 aromatic carbocycles. The number of rotatable bonds is 7. The summed E-state index contributed by atoms with van der Waals surface area (Å²) in [6.07, 6.45) is 0. The van der Waals surface area contributed by atoms with Gasteiger partial charge in [0.15, 0.2) is 16.8 Å². The lowest BCUT2D eigenvalue weighted by Crippen LogP contribution is -2.07. The molecule has 4 aromatic rings. The first kappa shape index (κ1) is 22.6. The summed E-state index contributed by atoms with van der Waals surface area (Å²) in [7, 11) is 0. The number of hydrogen-bond acceptors (Lipinski definition) is 4. The Bertz CT molecular complexity index is 1280. The zero-order chi connectivity index (χ0) is 22.8. The van der Waals surface area contributed by atoms with E-state index in [4.69, 9.17) is 23.2 Å². The maximum Gasteiger partial charge on any atom is 0.191 e. The smallest absolute Gasteiger partial charge is 0.191 e. The Morgan fingerprint density at radius 2 is 1.75 bits per heavy atom. The van der Waals surface area contributed by atoms with E-state index >= 15 is 0 Å². The van der Waals surface area contributed by atoms with Gasteiger partial charge >= 0.3 is 0 Å². The Hall–Kier alpha value is -2.54. The van der Waals surface area contributed by atoms with Gasteiger partial charge in [-0.2, -0.15) is 0 Å². The number of aryl methyl sites for hydroxylation is 1. The van der Waals surface area contributed by atoms with Crippen LogP contribution >= 0.6 is 35.0 Å². The van der Waals surface area contributed by atoms with Crippen LogP contribution in [-0.2, 0) is 6.54 Å². The molecular weight excluding hydrogens is 463 g/mol. The highest BCUT2D eigenvalue weighted by Gasteiger charge is 2.19. The van der Waals surface area contributed by atoms with Crippen LogP contribution in [0.3, 0.4) is 0 Å². The molecule has 5 nitrogen and oxygen atoms in total. The first-order valence-electron chi connectivity index (χ1n) is 10.2. The molecule has 0 radical (unpaired) electrons. The molecule has 0 aliphatic carbocycles. The molecule has 0 saturated heterocycles. The predicted octanol–water partition coefficient (Wildman–Crippen LogP) is 6.65. The Balaban J connectivity index is 1.56. The fraction of sp³-hybridized carbons (Fsp3) is 0.208. The second-order valence-electron chi connectivity index (χ2n) is 7.35. The van der Waals surface area contributed by atoms with Crippen LogP contribution in [0.2, 0.25) is 10.0 Å². The molecule has 4 rings (SSSR count). The monoisotopic (exact) mass is 484 g/mol. The van der Waals surface area contributed by atoms with Crippen molar-refractivity contribution in [2.75, 3.05) is 5.75 Å². The van der Waals surface area contributed by atoms with Crippen molar-refractivity contribution in [3.63, 3.8) is 0 Å². The van der Waals surface area contributed by atoms with Crippen molar-refractivity contribution in [1.29, 1.82) is 0 Å². The molecule has 0 N–H and O–H groups in total. The Morgan fingerprint density at radius 1 is 1.00 bits per heavy atom. The molecule has 0 fully saturated rings. The van der Waals surface area contributed by atoms with E-state index in [9.17, 15) is 4.79 Å². The molecule has 0 atom stereocenters. The molecule has 0 amide bonds. The van der Waals surface area contributed by atoms with Crippen molar-refractivity contribution in [3.8, 4) is 17.1 Å². The van der Waals surface area contributed by atoms with Crippen molar-refractivity contribution in [2.24, 2.45) is 0 Å². The van der Waals surface area contributed by atoms with E-state index in [2.05, 4.69) is 10.2 Å². The summed E-state index contributed by atoms with van der Waals surface area (Å²) in [5.74, 6) is 1.13. The molecule has 0 spiro atoms. The number of Topliss-reactive ketones (excluding diaryl/α,β-unsaturated/α-hetero) is 1. The lowest BCUT2D eigenvalue weighted by molar-refractivity contribution is 0.102. The zero-order valence-electron chi connectivity index (χ0n) is 18.0. The van der Waals surface area contributed by atoms with Gasteiger partial charge in [-0.25, -0.2) is 0 Å². The van der Waals surface area contributed by atoms with Crippen LogP contribution in [0.15, 0.2) is 59.8 Å². The number of ketones is 1. The van der Waals surface area contributed by atoms with E-state index in [1.54, 1.807) is 6.07 Å². The summed E-state index contributed by atoms with van der Waals surface area (Å²) >= 11 is 13.7. The molecule has 32 heavy (non-hydrogen) atoms. The number of nitrogens with zero attached hydrogens (tertiary/aromatic N) is 4. The third-order valence-electron chi connectivity index (χ3n) is 5.29. The van der Waals surface area contributed by atoms with E-state index in [0.29, 0.717) is 15.6 Å². The highest BCUT2D eigenvalue weighted by molar-refractivity contribution is 7.99. The van der Waals surface area contributed by atoms with Gasteiger partial charge < -0.3 is 9.13 Å². The van der Waals surface area contributed by atoms with Crippen LogP contribution in [0, 0.1) is 13.8 Å². The van der Waals surface area contributed by atoms with Gasteiger partial charge in [-0.15, -0.1) is 10.2 Å². The average Bonchev–Trinajstić information content (AvgIpc) is 3.34. The minimum atomic E-state index is 0.0429. The SMILES string of the molecule is CCn1c(SCC(=O)c2cc(C)n(-c3ccc(Cl)c(Cl)c3)c2C)nnc1-c1ccccc1. The normalized spacial score (nSPS) is 11.2. The first-order chi connectivity index (χ1) is 15.4. The molecule has 0 saturated carbocycles. The van der Waals surface area contributed by atoms with Crippen molar-refractivity contribution >= 4 is 40.7 Å². The van der Waals surface area contributed by atoms with E-state index in [0.717, 1.165) is 40.2 Å².